The normalized spacial score (nSPS) is 19.3. The van der Waals surface area contributed by atoms with Gasteiger partial charge in [0.15, 0.2) is 0 Å². The van der Waals surface area contributed by atoms with Crippen molar-refractivity contribution in [2.45, 2.75) is 50.6 Å². The van der Waals surface area contributed by atoms with Gasteiger partial charge in [-0.05, 0) is 50.1 Å². The maximum Gasteiger partial charge on any atom is 0.273 e. The van der Waals surface area contributed by atoms with E-state index in [0.29, 0.717) is 12.5 Å². The topological polar surface area (TPSA) is 53.9 Å². The van der Waals surface area contributed by atoms with E-state index in [1.54, 1.807) is 6.92 Å². The van der Waals surface area contributed by atoms with Crippen LogP contribution in [0.4, 0.5) is 8.78 Å². The third-order valence-electron chi connectivity index (χ3n) is 5.34. The second-order valence-corrected chi connectivity index (χ2v) is 9.29. The Hall–Kier alpha value is -2.29. The SMILES string of the molecule is CO[C@@H](C)C(=O)N1N=C(c2cc(F)ccc2F)SC1(CCCNC(C)C)c1ccccc1. The first-order chi connectivity index (χ1) is 15.3. The molecule has 1 aliphatic rings. The Balaban J connectivity index is 2.07. The van der Waals surface area contributed by atoms with Gasteiger partial charge in [-0.3, -0.25) is 4.79 Å². The first-order valence-electron chi connectivity index (χ1n) is 10.7. The number of thioether (sulfide) groups is 1. The fourth-order valence-corrected chi connectivity index (χ4v) is 4.99. The summed E-state index contributed by atoms with van der Waals surface area (Å²) >= 11 is 1.28. The third kappa shape index (κ3) is 5.19. The van der Waals surface area contributed by atoms with Crippen LogP contribution in [0.3, 0.4) is 0 Å². The first kappa shape index (κ1) is 24.4. The molecule has 2 atom stereocenters. The second-order valence-electron chi connectivity index (χ2n) is 8.02. The lowest BCUT2D eigenvalue weighted by molar-refractivity contribution is -0.144. The molecule has 1 aliphatic heterocycles. The van der Waals surface area contributed by atoms with Crippen LogP contribution in [0.5, 0.6) is 0 Å². The van der Waals surface area contributed by atoms with Crippen molar-refractivity contribution in [3.63, 3.8) is 0 Å². The molecule has 0 fully saturated rings. The minimum Gasteiger partial charge on any atom is -0.372 e. The third-order valence-corrected chi connectivity index (χ3v) is 6.78. The minimum atomic E-state index is -0.905. The van der Waals surface area contributed by atoms with Gasteiger partial charge in [0.1, 0.15) is 27.7 Å². The van der Waals surface area contributed by atoms with Crippen LogP contribution in [-0.2, 0) is 14.4 Å². The Morgan fingerprint density at radius 2 is 1.91 bits per heavy atom. The number of carbonyl (C=O) groups excluding carboxylic acids is 1. The molecule has 2 aromatic rings. The van der Waals surface area contributed by atoms with Crippen LogP contribution in [0.1, 0.15) is 44.7 Å². The van der Waals surface area contributed by atoms with Crippen molar-refractivity contribution in [3.05, 3.63) is 71.3 Å². The molecule has 32 heavy (non-hydrogen) atoms. The van der Waals surface area contributed by atoms with E-state index < -0.39 is 22.6 Å². The maximum absolute atomic E-state index is 14.6. The molecular weight excluding hydrogens is 432 g/mol. The number of halogens is 2. The number of hydrazone groups is 1. The number of ether oxygens (including phenoxy) is 1. The molecule has 1 heterocycles. The van der Waals surface area contributed by atoms with Crippen molar-refractivity contribution in [2.75, 3.05) is 13.7 Å². The molecule has 0 aliphatic carbocycles. The lowest BCUT2D eigenvalue weighted by Gasteiger charge is -2.37. The highest BCUT2D eigenvalue weighted by Gasteiger charge is 2.49. The molecule has 0 spiro atoms. The van der Waals surface area contributed by atoms with E-state index >= 15 is 0 Å². The zero-order valence-electron chi connectivity index (χ0n) is 18.8. The highest BCUT2D eigenvalue weighted by molar-refractivity contribution is 8.15. The smallest absolute Gasteiger partial charge is 0.273 e. The van der Waals surface area contributed by atoms with Crippen LogP contribution in [-0.4, -0.2) is 41.8 Å². The fraction of sp³-hybridized carbons (Fsp3) is 0.417. The highest BCUT2D eigenvalue weighted by atomic mass is 32.2. The number of nitrogens with zero attached hydrogens (tertiary/aromatic N) is 2. The zero-order chi connectivity index (χ0) is 23.3. The molecule has 1 unspecified atom stereocenters. The molecule has 0 saturated carbocycles. The van der Waals surface area contributed by atoms with Crippen molar-refractivity contribution < 1.29 is 18.3 Å². The van der Waals surface area contributed by atoms with Crippen LogP contribution in [0.2, 0.25) is 0 Å². The van der Waals surface area contributed by atoms with E-state index in [1.165, 1.54) is 23.9 Å². The summed E-state index contributed by atoms with van der Waals surface area (Å²) in [6, 6.07) is 13.1. The average Bonchev–Trinajstić information content (AvgIpc) is 3.18. The number of amides is 1. The van der Waals surface area contributed by atoms with E-state index in [0.717, 1.165) is 36.7 Å². The lowest BCUT2D eigenvalue weighted by atomic mass is 9.99. The van der Waals surface area contributed by atoms with Crippen molar-refractivity contribution >= 4 is 22.7 Å². The number of nitrogens with one attached hydrogen (secondary N) is 1. The number of hydrogen-bond acceptors (Lipinski definition) is 5. The molecule has 0 saturated heterocycles. The second kappa shape index (κ2) is 10.6. The van der Waals surface area contributed by atoms with Crippen LogP contribution >= 0.6 is 11.8 Å². The van der Waals surface area contributed by atoms with Crippen LogP contribution in [0.15, 0.2) is 53.6 Å². The summed E-state index contributed by atoms with van der Waals surface area (Å²) < 4.78 is 33.8. The Morgan fingerprint density at radius 1 is 1.19 bits per heavy atom. The molecule has 1 amide bonds. The van der Waals surface area contributed by atoms with Gasteiger partial charge in [-0.2, -0.15) is 5.10 Å². The number of hydrogen-bond donors (Lipinski definition) is 1. The Labute approximate surface area is 192 Å². The summed E-state index contributed by atoms with van der Waals surface area (Å²) in [7, 11) is 1.46. The van der Waals surface area contributed by atoms with Crippen LogP contribution in [0, 0.1) is 11.6 Å². The van der Waals surface area contributed by atoms with Gasteiger partial charge in [0.25, 0.3) is 5.91 Å². The Kier molecular flexibility index (Phi) is 8.03. The quantitative estimate of drug-likeness (QED) is 0.542. The Bertz CT molecular complexity index is 971. The van der Waals surface area contributed by atoms with Gasteiger partial charge in [-0.15, -0.1) is 0 Å². The van der Waals surface area contributed by atoms with Gasteiger partial charge in [0, 0.05) is 18.7 Å². The summed E-state index contributed by atoms with van der Waals surface area (Å²) in [5, 5.41) is 9.58. The van der Waals surface area contributed by atoms with Gasteiger partial charge in [-0.25, -0.2) is 13.8 Å². The van der Waals surface area contributed by atoms with E-state index in [-0.39, 0.29) is 16.5 Å². The highest BCUT2D eigenvalue weighted by Crippen LogP contribution is 2.50. The predicted octanol–water partition coefficient (Wildman–Crippen LogP) is 4.87. The van der Waals surface area contributed by atoms with Gasteiger partial charge in [0.05, 0.1) is 0 Å². The van der Waals surface area contributed by atoms with E-state index in [2.05, 4.69) is 24.3 Å². The zero-order valence-corrected chi connectivity index (χ0v) is 19.6. The van der Waals surface area contributed by atoms with Crippen molar-refractivity contribution in [2.24, 2.45) is 5.10 Å². The Morgan fingerprint density at radius 3 is 2.56 bits per heavy atom. The fourth-order valence-electron chi connectivity index (χ4n) is 3.57. The summed E-state index contributed by atoms with van der Waals surface area (Å²) in [5.74, 6) is -1.49. The average molecular weight is 462 g/mol. The van der Waals surface area contributed by atoms with Crippen molar-refractivity contribution in [3.8, 4) is 0 Å². The number of benzene rings is 2. The van der Waals surface area contributed by atoms with Crippen LogP contribution < -0.4 is 5.32 Å². The predicted molar refractivity (Wildman–Crippen MR) is 124 cm³/mol. The number of carbonyl (C=O) groups is 1. The molecule has 0 aromatic heterocycles. The molecule has 0 bridgehead atoms. The largest absolute Gasteiger partial charge is 0.372 e. The van der Waals surface area contributed by atoms with Gasteiger partial charge in [0.2, 0.25) is 0 Å². The van der Waals surface area contributed by atoms with E-state index in [4.69, 9.17) is 4.74 Å². The summed E-state index contributed by atoms with van der Waals surface area (Å²) in [6.45, 7) is 6.54. The summed E-state index contributed by atoms with van der Waals surface area (Å²) in [4.78, 5) is 12.4. The molecule has 1 N–H and O–H groups in total. The molecule has 3 rings (SSSR count). The molecule has 172 valence electrons. The molecule has 0 radical (unpaired) electrons. The number of rotatable bonds is 9. The van der Waals surface area contributed by atoms with Gasteiger partial charge in [-0.1, -0.05) is 55.9 Å². The molecular formula is C24H29F2N3O2S. The van der Waals surface area contributed by atoms with Gasteiger partial charge >= 0.3 is 0 Å². The van der Waals surface area contributed by atoms with E-state index in [1.807, 2.05) is 30.3 Å². The number of methoxy groups -OCH3 is 1. The summed E-state index contributed by atoms with van der Waals surface area (Å²) in [5.41, 5.74) is 0.901. The molecule has 8 heteroatoms. The van der Waals surface area contributed by atoms with Crippen LogP contribution in [0.25, 0.3) is 0 Å². The molecule has 2 aromatic carbocycles. The van der Waals surface area contributed by atoms with Crippen molar-refractivity contribution in [1.82, 2.24) is 10.3 Å². The van der Waals surface area contributed by atoms with Crippen molar-refractivity contribution in [1.29, 1.82) is 0 Å². The first-order valence-corrected chi connectivity index (χ1v) is 11.5. The monoisotopic (exact) mass is 461 g/mol. The summed E-state index contributed by atoms with van der Waals surface area (Å²) in [6.07, 6.45) is 0.570. The lowest BCUT2D eigenvalue weighted by Crippen LogP contribution is -2.46. The molecule has 5 nitrogen and oxygen atoms in total. The minimum absolute atomic E-state index is 0.0379. The maximum atomic E-state index is 14.6. The van der Waals surface area contributed by atoms with Gasteiger partial charge < -0.3 is 10.1 Å². The van der Waals surface area contributed by atoms with E-state index in [9.17, 15) is 13.6 Å². The standard InChI is InChI=1S/C24H29F2N3O2S/c1-16(2)27-14-8-13-24(18-9-6-5-7-10-18)29(23(30)17(3)31-4)28-22(32-24)20-15-19(25)11-12-21(20)26/h5-7,9-12,15-17,27H,8,13-14H2,1-4H3/t17-,24?/m0/s1.